The van der Waals surface area contributed by atoms with Crippen molar-refractivity contribution in [2.45, 2.75) is 38.6 Å². The van der Waals surface area contributed by atoms with Gasteiger partial charge in [0.05, 0.1) is 6.04 Å². The highest BCUT2D eigenvalue weighted by molar-refractivity contribution is 5.17. The SMILES string of the molecule is COC(OC)C(C)NC(C)Cc1ccc(F)cc1. The van der Waals surface area contributed by atoms with Gasteiger partial charge in [-0.05, 0) is 38.0 Å². The van der Waals surface area contributed by atoms with Crippen molar-refractivity contribution in [3.05, 3.63) is 35.6 Å². The maximum Gasteiger partial charge on any atom is 0.171 e. The molecule has 0 aliphatic rings. The molecule has 2 unspecified atom stereocenters. The van der Waals surface area contributed by atoms with Gasteiger partial charge in [0.2, 0.25) is 0 Å². The van der Waals surface area contributed by atoms with E-state index in [1.807, 2.05) is 19.1 Å². The van der Waals surface area contributed by atoms with Gasteiger partial charge >= 0.3 is 0 Å². The van der Waals surface area contributed by atoms with E-state index in [2.05, 4.69) is 12.2 Å². The van der Waals surface area contributed by atoms with Crippen molar-refractivity contribution in [3.63, 3.8) is 0 Å². The zero-order valence-electron chi connectivity index (χ0n) is 11.4. The van der Waals surface area contributed by atoms with Crippen LogP contribution in [0.25, 0.3) is 0 Å². The Balaban J connectivity index is 2.45. The molecule has 0 fully saturated rings. The fraction of sp³-hybridized carbons (Fsp3) is 0.571. The minimum atomic E-state index is -0.263. The van der Waals surface area contributed by atoms with Crippen LogP contribution in [0.5, 0.6) is 0 Å². The fourth-order valence-electron chi connectivity index (χ4n) is 2.06. The van der Waals surface area contributed by atoms with E-state index in [4.69, 9.17) is 9.47 Å². The fourth-order valence-corrected chi connectivity index (χ4v) is 2.06. The molecule has 0 aromatic heterocycles. The van der Waals surface area contributed by atoms with Crippen molar-refractivity contribution < 1.29 is 13.9 Å². The Labute approximate surface area is 108 Å². The molecule has 4 heteroatoms. The van der Waals surface area contributed by atoms with E-state index < -0.39 is 0 Å². The molecule has 0 heterocycles. The maximum absolute atomic E-state index is 12.8. The topological polar surface area (TPSA) is 30.5 Å². The molecule has 0 bridgehead atoms. The summed E-state index contributed by atoms with van der Waals surface area (Å²) >= 11 is 0. The summed E-state index contributed by atoms with van der Waals surface area (Å²) in [4.78, 5) is 0. The van der Waals surface area contributed by atoms with Crippen molar-refractivity contribution in [1.82, 2.24) is 5.32 Å². The lowest BCUT2D eigenvalue weighted by Crippen LogP contribution is -2.44. The van der Waals surface area contributed by atoms with Gasteiger partial charge in [-0.2, -0.15) is 0 Å². The van der Waals surface area contributed by atoms with E-state index in [0.717, 1.165) is 12.0 Å². The van der Waals surface area contributed by atoms with Crippen LogP contribution in [0.15, 0.2) is 24.3 Å². The van der Waals surface area contributed by atoms with Crippen LogP contribution >= 0.6 is 0 Å². The van der Waals surface area contributed by atoms with Crippen LogP contribution in [0.4, 0.5) is 4.39 Å². The highest BCUT2D eigenvalue weighted by Crippen LogP contribution is 2.07. The number of nitrogens with one attached hydrogen (secondary N) is 1. The molecule has 0 aliphatic carbocycles. The second-order valence-corrected chi connectivity index (χ2v) is 4.53. The standard InChI is InChI=1S/C14H22FNO2/c1-10(16-11(2)14(17-3)18-4)9-12-5-7-13(15)8-6-12/h5-8,10-11,14,16H,9H2,1-4H3. The zero-order valence-corrected chi connectivity index (χ0v) is 11.4. The third-order valence-corrected chi connectivity index (χ3v) is 2.88. The van der Waals surface area contributed by atoms with Crippen molar-refractivity contribution in [1.29, 1.82) is 0 Å². The normalized spacial score (nSPS) is 14.8. The van der Waals surface area contributed by atoms with Crippen molar-refractivity contribution >= 4 is 0 Å². The van der Waals surface area contributed by atoms with E-state index in [1.165, 1.54) is 12.1 Å². The summed E-state index contributed by atoms with van der Waals surface area (Å²) in [6.45, 7) is 4.10. The predicted octanol–water partition coefficient (Wildman–Crippen LogP) is 2.35. The molecule has 0 saturated carbocycles. The summed E-state index contributed by atoms with van der Waals surface area (Å²) in [6, 6.07) is 6.94. The number of benzene rings is 1. The van der Waals surface area contributed by atoms with E-state index in [0.29, 0.717) is 0 Å². The second kappa shape index (κ2) is 7.46. The molecule has 1 N–H and O–H groups in total. The molecule has 0 amide bonds. The second-order valence-electron chi connectivity index (χ2n) is 4.53. The Bertz CT molecular complexity index is 338. The van der Waals surface area contributed by atoms with Gasteiger partial charge in [0.25, 0.3) is 0 Å². The molecule has 102 valence electrons. The number of hydrogen-bond donors (Lipinski definition) is 1. The lowest BCUT2D eigenvalue weighted by atomic mass is 10.1. The van der Waals surface area contributed by atoms with E-state index in [1.54, 1.807) is 14.2 Å². The highest BCUT2D eigenvalue weighted by atomic mass is 19.1. The predicted molar refractivity (Wildman–Crippen MR) is 70.0 cm³/mol. The van der Waals surface area contributed by atoms with Crippen LogP contribution in [0.3, 0.4) is 0 Å². The van der Waals surface area contributed by atoms with Gasteiger partial charge in [-0.25, -0.2) is 4.39 Å². The van der Waals surface area contributed by atoms with Crippen molar-refractivity contribution in [3.8, 4) is 0 Å². The summed E-state index contributed by atoms with van der Waals surface area (Å²) < 4.78 is 23.2. The molecule has 1 rings (SSSR count). The Morgan fingerprint density at radius 1 is 1.11 bits per heavy atom. The molecule has 1 aromatic rings. The average Bonchev–Trinajstić information content (AvgIpc) is 2.33. The number of methoxy groups -OCH3 is 2. The first kappa shape index (κ1) is 15.1. The van der Waals surface area contributed by atoms with Crippen molar-refractivity contribution in [2.24, 2.45) is 0 Å². The molecule has 0 radical (unpaired) electrons. The summed E-state index contributed by atoms with van der Waals surface area (Å²) in [6.07, 6.45) is 0.575. The van der Waals surface area contributed by atoms with E-state index in [-0.39, 0.29) is 24.2 Å². The van der Waals surface area contributed by atoms with Crippen LogP contribution in [-0.2, 0) is 15.9 Å². The largest absolute Gasteiger partial charge is 0.354 e. The van der Waals surface area contributed by atoms with Gasteiger partial charge in [0.15, 0.2) is 6.29 Å². The summed E-state index contributed by atoms with van der Waals surface area (Å²) in [5.41, 5.74) is 1.11. The van der Waals surface area contributed by atoms with Crippen LogP contribution < -0.4 is 5.32 Å². The number of rotatable bonds is 7. The molecule has 1 aromatic carbocycles. The minimum Gasteiger partial charge on any atom is -0.354 e. The Morgan fingerprint density at radius 3 is 2.17 bits per heavy atom. The van der Waals surface area contributed by atoms with Crippen molar-refractivity contribution in [2.75, 3.05) is 14.2 Å². The number of hydrogen-bond acceptors (Lipinski definition) is 3. The Kier molecular flexibility index (Phi) is 6.25. The molecule has 0 spiro atoms. The Hall–Kier alpha value is -0.970. The first-order valence-electron chi connectivity index (χ1n) is 6.13. The smallest absolute Gasteiger partial charge is 0.171 e. The lowest BCUT2D eigenvalue weighted by molar-refractivity contribution is -0.120. The Morgan fingerprint density at radius 2 is 1.67 bits per heavy atom. The van der Waals surface area contributed by atoms with Crippen LogP contribution in [-0.4, -0.2) is 32.6 Å². The van der Waals surface area contributed by atoms with E-state index >= 15 is 0 Å². The first-order valence-corrected chi connectivity index (χ1v) is 6.13. The molecule has 0 aliphatic heterocycles. The molecule has 2 atom stereocenters. The summed E-state index contributed by atoms with van der Waals surface area (Å²) in [5, 5.41) is 3.40. The zero-order chi connectivity index (χ0) is 13.5. The van der Waals surface area contributed by atoms with Crippen LogP contribution in [0, 0.1) is 5.82 Å². The molecular weight excluding hydrogens is 233 g/mol. The average molecular weight is 255 g/mol. The number of halogens is 1. The lowest BCUT2D eigenvalue weighted by Gasteiger charge is -2.25. The van der Waals surface area contributed by atoms with Crippen LogP contribution in [0.2, 0.25) is 0 Å². The summed E-state index contributed by atoms with van der Waals surface area (Å²) in [7, 11) is 3.24. The summed E-state index contributed by atoms with van der Waals surface area (Å²) in [5.74, 6) is -0.202. The van der Waals surface area contributed by atoms with Gasteiger partial charge in [-0.1, -0.05) is 12.1 Å². The minimum absolute atomic E-state index is 0.0930. The van der Waals surface area contributed by atoms with Gasteiger partial charge in [-0.3, -0.25) is 0 Å². The highest BCUT2D eigenvalue weighted by Gasteiger charge is 2.17. The molecule has 3 nitrogen and oxygen atoms in total. The number of ether oxygens (including phenoxy) is 2. The van der Waals surface area contributed by atoms with E-state index in [9.17, 15) is 4.39 Å². The van der Waals surface area contributed by atoms with Gasteiger partial charge < -0.3 is 14.8 Å². The molecule has 18 heavy (non-hydrogen) atoms. The third kappa shape index (κ3) is 4.72. The third-order valence-electron chi connectivity index (χ3n) is 2.88. The first-order chi connectivity index (χ1) is 8.56. The quantitative estimate of drug-likeness (QED) is 0.759. The van der Waals surface area contributed by atoms with Gasteiger partial charge in [0.1, 0.15) is 5.82 Å². The molecule has 0 saturated heterocycles. The molecular formula is C14H22FNO2. The maximum atomic E-state index is 12.8. The van der Waals surface area contributed by atoms with Gasteiger partial charge in [-0.15, -0.1) is 0 Å². The van der Waals surface area contributed by atoms with Crippen LogP contribution in [0.1, 0.15) is 19.4 Å². The van der Waals surface area contributed by atoms with Gasteiger partial charge in [0, 0.05) is 20.3 Å². The monoisotopic (exact) mass is 255 g/mol.